The third-order valence-electron chi connectivity index (χ3n) is 2.53. The highest BCUT2D eigenvalue weighted by atomic mass is 32.2. The summed E-state index contributed by atoms with van der Waals surface area (Å²) in [5.41, 5.74) is 6.57. The molecule has 2 aromatic heterocycles. The molecule has 0 radical (unpaired) electrons. The van der Waals surface area contributed by atoms with Gasteiger partial charge in [0.25, 0.3) is 10.0 Å². The summed E-state index contributed by atoms with van der Waals surface area (Å²) in [4.78, 5) is 7.85. The third kappa shape index (κ3) is 2.54. The Morgan fingerprint density at radius 2 is 2.00 bits per heavy atom. The number of nitrogens with two attached hydrogens (primary N) is 1. The normalized spacial score (nSPS) is 11.5. The molecule has 19 heavy (non-hydrogen) atoms. The highest BCUT2D eigenvalue weighted by molar-refractivity contribution is 7.94. The largest absolute Gasteiger partial charge is 0.375 e. The van der Waals surface area contributed by atoms with E-state index < -0.39 is 10.0 Å². The molecule has 0 aromatic carbocycles. The van der Waals surface area contributed by atoms with Gasteiger partial charge in [0, 0.05) is 18.9 Å². The minimum Gasteiger partial charge on any atom is -0.375 e. The monoisotopic (exact) mass is 298 g/mol. The van der Waals surface area contributed by atoms with Gasteiger partial charge in [0.1, 0.15) is 0 Å². The van der Waals surface area contributed by atoms with Gasteiger partial charge in [-0.25, -0.2) is 13.4 Å². The molecule has 0 aliphatic rings. The third-order valence-corrected chi connectivity index (χ3v) is 6.01. The van der Waals surface area contributed by atoms with Gasteiger partial charge in [-0.1, -0.05) is 11.3 Å². The van der Waals surface area contributed by atoms with Gasteiger partial charge >= 0.3 is 0 Å². The van der Waals surface area contributed by atoms with Crippen molar-refractivity contribution in [3.8, 4) is 0 Å². The number of sulfonamides is 1. The van der Waals surface area contributed by atoms with Crippen LogP contribution in [0.5, 0.6) is 0 Å². The second-order valence-electron chi connectivity index (χ2n) is 3.80. The zero-order valence-corrected chi connectivity index (χ0v) is 12.2. The van der Waals surface area contributed by atoms with E-state index in [1.807, 2.05) is 0 Å². The molecular weight excluding hydrogens is 284 g/mol. The quantitative estimate of drug-likeness (QED) is 0.927. The maximum absolute atomic E-state index is 12.6. The Morgan fingerprint density at radius 3 is 2.47 bits per heavy atom. The lowest BCUT2D eigenvalue weighted by molar-refractivity contribution is 0.593. The molecule has 102 valence electrons. The number of anilines is 2. The number of pyridine rings is 1. The first kappa shape index (κ1) is 13.8. The van der Waals surface area contributed by atoms with E-state index >= 15 is 0 Å². The smallest absolute Gasteiger partial charge is 0.275 e. The van der Waals surface area contributed by atoms with Crippen LogP contribution in [0, 0.1) is 6.92 Å². The Bertz CT molecular complexity index is 667. The molecular formula is C11H14N4O2S2. The van der Waals surface area contributed by atoms with Crippen LogP contribution in [0.4, 0.5) is 10.8 Å². The van der Waals surface area contributed by atoms with Crippen LogP contribution in [-0.2, 0) is 10.0 Å². The Labute approximate surface area is 116 Å². The van der Waals surface area contributed by atoms with Gasteiger partial charge in [-0.05, 0) is 26.0 Å². The van der Waals surface area contributed by atoms with E-state index in [0.29, 0.717) is 17.9 Å². The standard InChI is InChI=1S/C11H14N4O2S2/c1-3-15(9-4-6-13-7-5-9)19(16,17)10-8(2)14-11(12)18-10/h4-7H,3H2,1-2H3,(H2,12,14). The SMILES string of the molecule is CCN(c1ccncc1)S(=O)(=O)c1sc(N)nc1C. The summed E-state index contributed by atoms with van der Waals surface area (Å²) in [5.74, 6) is 0. The van der Waals surface area contributed by atoms with Gasteiger partial charge in [-0.3, -0.25) is 9.29 Å². The fraction of sp³-hybridized carbons (Fsp3) is 0.273. The Kier molecular flexibility index (Phi) is 3.72. The molecule has 0 aliphatic heterocycles. The number of thiazole rings is 1. The van der Waals surface area contributed by atoms with Crippen LogP contribution in [0.2, 0.25) is 0 Å². The lowest BCUT2D eigenvalue weighted by atomic mass is 10.4. The molecule has 8 heteroatoms. The molecule has 0 spiro atoms. The molecule has 0 unspecified atom stereocenters. The summed E-state index contributed by atoms with van der Waals surface area (Å²) < 4.78 is 26.7. The summed E-state index contributed by atoms with van der Waals surface area (Å²) >= 11 is 0.981. The lowest BCUT2D eigenvalue weighted by Gasteiger charge is -2.21. The molecule has 0 aliphatic carbocycles. The van der Waals surface area contributed by atoms with Crippen molar-refractivity contribution in [2.24, 2.45) is 0 Å². The van der Waals surface area contributed by atoms with Gasteiger partial charge in [-0.2, -0.15) is 0 Å². The van der Waals surface area contributed by atoms with Crippen molar-refractivity contribution < 1.29 is 8.42 Å². The van der Waals surface area contributed by atoms with Crippen LogP contribution in [0.15, 0.2) is 28.7 Å². The predicted octanol–water partition coefficient (Wildman–Crippen LogP) is 1.64. The van der Waals surface area contributed by atoms with Crippen molar-refractivity contribution in [2.75, 3.05) is 16.6 Å². The Hall–Kier alpha value is -1.67. The number of rotatable bonds is 4. The molecule has 6 nitrogen and oxygen atoms in total. The zero-order chi connectivity index (χ0) is 14.0. The number of nitrogens with zero attached hydrogens (tertiary/aromatic N) is 3. The van der Waals surface area contributed by atoms with Crippen LogP contribution in [0.25, 0.3) is 0 Å². The summed E-state index contributed by atoms with van der Waals surface area (Å²) in [5, 5.41) is 0.252. The predicted molar refractivity (Wildman–Crippen MR) is 75.7 cm³/mol. The van der Waals surface area contributed by atoms with Crippen molar-refractivity contribution in [3.63, 3.8) is 0 Å². The highest BCUT2D eigenvalue weighted by Gasteiger charge is 2.28. The number of aromatic nitrogens is 2. The van der Waals surface area contributed by atoms with Crippen LogP contribution in [0.3, 0.4) is 0 Å². The lowest BCUT2D eigenvalue weighted by Crippen LogP contribution is -2.30. The van der Waals surface area contributed by atoms with Crippen molar-refractivity contribution in [3.05, 3.63) is 30.2 Å². The number of aryl methyl sites for hydroxylation is 1. The zero-order valence-electron chi connectivity index (χ0n) is 10.6. The van der Waals surface area contributed by atoms with Crippen LogP contribution >= 0.6 is 11.3 Å². The second kappa shape index (κ2) is 5.14. The van der Waals surface area contributed by atoms with Crippen molar-refractivity contribution >= 4 is 32.2 Å². The van der Waals surface area contributed by atoms with E-state index in [9.17, 15) is 8.42 Å². The maximum atomic E-state index is 12.6. The highest BCUT2D eigenvalue weighted by Crippen LogP contribution is 2.30. The molecule has 2 rings (SSSR count). The molecule has 2 aromatic rings. The minimum absolute atomic E-state index is 0.184. The van der Waals surface area contributed by atoms with Crippen molar-refractivity contribution in [2.45, 2.75) is 18.1 Å². The van der Waals surface area contributed by atoms with Gasteiger partial charge in [-0.15, -0.1) is 0 Å². The molecule has 0 bridgehead atoms. The van der Waals surface area contributed by atoms with Gasteiger partial charge < -0.3 is 5.73 Å². The fourth-order valence-corrected chi connectivity index (χ4v) is 4.62. The van der Waals surface area contributed by atoms with E-state index in [-0.39, 0.29) is 9.34 Å². The average molecular weight is 298 g/mol. The molecule has 0 fully saturated rings. The van der Waals surface area contributed by atoms with Crippen molar-refractivity contribution in [1.29, 1.82) is 0 Å². The fourth-order valence-electron chi connectivity index (χ4n) is 1.74. The Morgan fingerprint density at radius 1 is 1.37 bits per heavy atom. The van der Waals surface area contributed by atoms with Crippen LogP contribution in [-0.4, -0.2) is 24.9 Å². The van der Waals surface area contributed by atoms with Gasteiger partial charge in [0.05, 0.1) is 11.4 Å². The Balaban J connectivity index is 2.51. The van der Waals surface area contributed by atoms with E-state index in [2.05, 4.69) is 9.97 Å². The summed E-state index contributed by atoms with van der Waals surface area (Å²) in [6, 6.07) is 3.31. The first-order chi connectivity index (χ1) is 8.96. The van der Waals surface area contributed by atoms with Crippen molar-refractivity contribution in [1.82, 2.24) is 9.97 Å². The molecule has 0 saturated carbocycles. The topological polar surface area (TPSA) is 89.2 Å². The van der Waals surface area contributed by atoms with Gasteiger partial charge in [0.15, 0.2) is 9.34 Å². The molecule has 0 saturated heterocycles. The van der Waals surface area contributed by atoms with E-state index in [4.69, 9.17) is 5.73 Å². The van der Waals surface area contributed by atoms with Crippen LogP contribution < -0.4 is 10.0 Å². The molecule has 2 heterocycles. The summed E-state index contributed by atoms with van der Waals surface area (Å²) in [6.07, 6.45) is 3.11. The van der Waals surface area contributed by atoms with Gasteiger partial charge in [0.2, 0.25) is 0 Å². The first-order valence-electron chi connectivity index (χ1n) is 5.62. The number of hydrogen-bond donors (Lipinski definition) is 1. The summed E-state index contributed by atoms with van der Waals surface area (Å²) in [7, 11) is -3.63. The molecule has 0 atom stereocenters. The van der Waals surface area contributed by atoms with E-state index in [0.717, 1.165) is 11.3 Å². The number of hydrogen-bond acceptors (Lipinski definition) is 6. The van der Waals surface area contributed by atoms with E-state index in [1.165, 1.54) is 4.31 Å². The average Bonchev–Trinajstić information content (AvgIpc) is 2.71. The first-order valence-corrected chi connectivity index (χ1v) is 7.88. The minimum atomic E-state index is -3.63. The molecule has 0 amide bonds. The number of nitrogen functional groups attached to an aromatic ring is 1. The van der Waals surface area contributed by atoms with Crippen LogP contribution in [0.1, 0.15) is 12.6 Å². The summed E-state index contributed by atoms with van der Waals surface area (Å²) in [6.45, 7) is 3.74. The molecule has 2 N–H and O–H groups in total. The van der Waals surface area contributed by atoms with E-state index in [1.54, 1.807) is 38.4 Å². The second-order valence-corrected chi connectivity index (χ2v) is 6.89. The maximum Gasteiger partial charge on any atom is 0.275 e.